The molecule has 1 N–H and O–H groups in total. The van der Waals surface area contributed by atoms with Crippen LogP contribution in [-0.2, 0) is 19.3 Å². The van der Waals surface area contributed by atoms with Gasteiger partial charge in [0.05, 0.1) is 0 Å². The summed E-state index contributed by atoms with van der Waals surface area (Å²) in [6, 6.07) is 15.4. The number of aromatic nitrogens is 1. The van der Waals surface area contributed by atoms with E-state index in [0.29, 0.717) is 0 Å². The van der Waals surface area contributed by atoms with E-state index in [2.05, 4.69) is 83.2 Å². The summed E-state index contributed by atoms with van der Waals surface area (Å²) in [6.45, 7) is 0. The minimum absolute atomic E-state index is 1.12. The van der Waals surface area contributed by atoms with Crippen LogP contribution in [0, 0.1) is 0 Å². The van der Waals surface area contributed by atoms with E-state index in [0.717, 1.165) is 12.8 Å². The first kappa shape index (κ1) is 21.6. The minimum Gasteiger partial charge on any atom is -0.365 e. The zero-order chi connectivity index (χ0) is 23.5. The van der Waals surface area contributed by atoms with Gasteiger partial charge in [-0.2, -0.15) is 0 Å². The summed E-state index contributed by atoms with van der Waals surface area (Å²) < 4.78 is 0. The molecule has 0 saturated heterocycles. The fourth-order valence-corrected chi connectivity index (χ4v) is 5.51. The average molecular weight is 455 g/mol. The van der Waals surface area contributed by atoms with Crippen molar-refractivity contribution in [1.82, 2.24) is 10.3 Å². The number of benzene rings is 2. The SMILES string of the molecule is C1=CC2=CC=C(CC2)N1.C1=Cc2ccc3c(c2CC1)CCc1c(/C=C/c2ccncc2)cccc1-3. The summed E-state index contributed by atoms with van der Waals surface area (Å²) in [5.74, 6) is 0. The van der Waals surface area contributed by atoms with E-state index >= 15 is 0 Å². The molecule has 35 heavy (non-hydrogen) atoms. The van der Waals surface area contributed by atoms with E-state index in [4.69, 9.17) is 0 Å². The number of nitrogens with zero attached hydrogens (tertiary/aromatic N) is 1. The van der Waals surface area contributed by atoms with Crippen molar-refractivity contribution in [2.24, 2.45) is 0 Å². The van der Waals surface area contributed by atoms with Crippen LogP contribution in [-0.4, -0.2) is 4.98 Å². The van der Waals surface area contributed by atoms with Crippen LogP contribution in [0.2, 0.25) is 0 Å². The molecule has 1 aromatic heterocycles. The van der Waals surface area contributed by atoms with Gasteiger partial charge in [-0.05, 0) is 113 Å². The largest absolute Gasteiger partial charge is 0.365 e. The lowest BCUT2D eigenvalue weighted by atomic mass is 9.78. The Kier molecular flexibility index (Phi) is 6.02. The second-order valence-electron chi connectivity index (χ2n) is 9.50. The second-order valence-corrected chi connectivity index (χ2v) is 9.50. The highest BCUT2D eigenvalue weighted by Gasteiger charge is 2.22. The molecule has 5 aliphatic rings. The number of rotatable bonds is 2. The van der Waals surface area contributed by atoms with Crippen molar-refractivity contribution in [1.29, 1.82) is 0 Å². The van der Waals surface area contributed by atoms with E-state index < -0.39 is 0 Å². The number of pyridine rings is 1. The lowest BCUT2D eigenvalue weighted by Crippen LogP contribution is -2.10. The van der Waals surface area contributed by atoms with Crippen LogP contribution in [0.1, 0.15) is 52.6 Å². The molecular formula is C33H30N2. The second kappa shape index (κ2) is 9.76. The van der Waals surface area contributed by atoms with E-state index in [-0.39, 0.29) is 0 Å². The van der Waals surface area contributed by atoms with E-state index in [1.807, 2.05) is 30.7 Å². The third-order valence-electron chi connectivity index (χ3n) is 7.36. The summed E-state index contributed by atoms with van der Waals surface area (Å²) in [5, 5.41) is 3.20. The topological polar surface area (TPSA) is 24.9 Å². The normalized spacial score (nSPS) is 16.7. The minimum atomic E-state index is 1.12. The van der Waals surface area contributed by atoms with Gasteiger partial charge in [0.1, 0.15) is 0 Å². The zero-order valence-electron chi connectivity index (χ0n) is 20.0. The quantitative estimate of drug-likeness (QED) is 0.429. The summed E-state index contributed by atoms with van der Waals surface area (Å²) >= 11 is 0. The molecule has 3 aliphatic carbocycles. The smallest absolute Gasteiger partial charge is 0.0273 e. The maximum atomic E-state index is 4.09. The molecule has 0 unspecified atom stereocenters. The molecule has 0 radical (unpaired) electrons. The molecule has 172 valence electrons. The lowest BCUT2D eigenvalue weighted by Gasteiger charge is -2.26. The number of fused-ring (bicyclic) bond motifs is 8. The Morgan fingerprint density at radius 1 is 0.714 bits per heavy atom. The molecule has 2 heteroatoms. The summed E-state index contributed by atoms with van der Waals surface area (Å²) in [5.41, 5.74) is 14.2. The van der Waals surface area contributed by atoms with Gasteiger partial charge in [0.2, 0.25) is 0 Å². The first-order chi connectivity index (χ1) is 17.3. The number of nitrogens with one attached hydrogen (secondary N) is 1. The van der Waals surface area contributed by atoms with Crippen LogP contribution < -0.4 is 5.32 Å². The third kappa shape index (κ3) is 4.57. The van der Waals surface area contributed by atoms with Crippen LogP contribution in [0.3, 0.4) is 0 Å². The molecule has 2 nitrogen and oxygen atoms in total. The Hall–Kier alpha value is -3.91. The van der Waals surface area contributed by atoms with Crippen molar-refractivity contribution < 1.29 is 0 Å². The zero-order valence-corrected chi connectivity index (χ0v) is 20.0. The standard InChI is InChI=1S/C25H21N.C8H9N/c1-2-6-21-19(4-1)10-11-25-23-7-3-5-20(22(23)12-13-24(21)25)9-8-18-14-16-26-17-15-18;1-3-8-4-2-7(1)5-6-9-8/h1,3-5,7-11,14-17H,2,6,12-13H2;1,3,5-6,9H,2,4H2/b9-8+;. The molecule has 2 aromatic carbocycles. The Balaban J connectivity index is 0.000000212. The van der Waals surface area contributed by atoms with Gasteiger partial charge in [-0.15, -0.1) is 0 Å². The predicted octanol–water partition coefficient (Wildman–Crippen LogP) is 7.68. The van der Waals surface area contributed by atoms with Crippen molar-refractivity contribution >= 4 is 18.2 Å². The fourth-order valence-electron chi connectivity index (χ4n) is 5.51. The van der Waals surface area contributed by atoms with Crippen LogP contribution in [0.4, 0.5) is 0 Å². The van der Waals surface area contributed by atoms with E-state index in [1.54, 1.807) is 11.1 Å². The predicted molar refractivity (Wildman–Crippen MR) is 147 cm³/mol. The van der Waals surface area contributed by atoms with Crippen molar-refractivity contribution in [3.8, 4) is 11.1 Å². The highest BCUT2D eigenvalue weighted by atomic mass is 14.9. The van der Waals surface area contributed by atoms with E-state index in [1.165, 1.54) is 70.3 Å². The van der Waals surface area contributed by atoms with Gasteiger partial charge in [-0.3, -0.25) is 4.98 Å². The van der Waals surface area contributed by atoms with Gasteiger partial charge < -0.3 is 5.32 Å². The van der Waals surface area contributed by atoms with Gasteiger partial charge >= 0.3 is 0 Å². The maximum Gasteiger partial charge on any atom is 0.0273 e. The molecule has 0 spiro atoms. The van der Waals surface area contributed by atoms with Crippen LogP contribution in [0.5, 0.6) is 0 Å². The number of allylic oxidation sites excluding steroid dienone is 6. The summed E-state index contributed by atoms with van der Waals surface area (Å²) in [7, 11) is 0. The molecule has 0 saturated carbocycles. The van der Waals surface area contributed by atoms with Crippen molar-refractivity contribution in [2.45, 2.75) is 38.5 Å². The molecule has 0 fully saturated rings. The lowest BCUT2D eigenvalue weighted by molar-refractivity contribution is 0.874. The van der Waals surface area contributed by atoms with E-state index in [9.17, 15) is 0 Å². The Labute approximate surface area is 208 Å². The van der Waals surface area contributed by atoms with Gasteiger partial charge in [0.25, 0.3) is 0 Å². The van der Waals surface area contributed by atoms with Gasteiger partial charge in [-0.1, -0.05) is 60.7 Å². The molecule has 0 amide bonds. The highest BCUT2D eigenvalue weighted by molar-refractivity contribution is 5.82. The number of hydrogen-bond donors (Lipinski definition) is 1. The number of hydrogen-bond acceptors (Lipinski definition) is 2. The van der Waals surface area contributed by atoms with Crippen molar-refractivity contribution in [3.63, 3.8) is 0 Å². The Morgan fingerprint density at radius 2 is 1.60 bits per heavy atom. The van der Waals surface area contributed by atoms with Crippen LogP contribution >= 0.6 is 0 Å². The monoisotopic (exact) mass is 454 g/mol. The Morgan fingerprint density at radius 3 is 2.49 bits per heavy atom. The maximum absolute atomic E-state index is 4.09. The average Bonchev–Trinajstić information content (AvgIpc) is 3.30. The van der Waals surface area contributed by atoms with Crippen molar-refractivity contribution in [2.75, 3.05) is 0 Å². The fraction of sp³-hybridized carbons (Fsp3) is 0.182. The summed E-state index contributed by atoms with van der Waals surface area (Å²) in [4.78, 5) is 4.09. The molecule has 2 bridgehead atoms. The molecular weight excluding hydrogens is 424 g/mol. The Bertz CT molecular complexity index is 1400. The molecule has 3 heterocycles. The van der Waals surface area contributed by atoms with Gasteiger partial charge in [0.15, 0.2) is 0 Å². The molecule has 0 atom stereocenters. The molecule has 2 aliphatic heterocycles. The molecule has 8 rings (SSSR count). The summed E-state index contributed by atoms with van der Waals surface area (Å²) in [6.07, 6.45) is 28.2. The van der Waals surface area contributed by atoms with Crippen LogP contribution in [0.25, 0.3) is 29.4 Å². The van der Waals surface area contributed by atoms with Gasteiger partial charge in [0, 0.05) is 24.3 Å². The van der Waals surface area contributed by atoms with Gasteiger partial charge in [-0.25, -0.2) is 0 Å². The van der Waals surface area contributed by atoms with Crippen molar-refractivity contribution in [3.05, 3.63) is 130 Å². The van der Waals surface area contributed by atoms with Crippen LogP contribution in [0.15, 0.2) is 96.6 Å². The highest BCUT2D eigenvalue weighted by Crippen LogP contribution is 2.39. The first-order valence-corrected chi connectivity index (χ1v) is 12.7. The molecule has 3 aromatic rings. The third-order valence-corrected chi connectivity index (χ3v) is 7.36. The first-order valence-electron chi connectivity index (χ1n) is 12.7.